The summed E-state index contributed by atoms with van der Waals surface area (Å²) in [5, 5.41) is 0. The van der Waals surface area contributed by atoms with E-state index in [0.717, 1.165) is 42.5 Å². The van der Waals surface area contributed by atoms with E-state index < -0.39 is 11.7 Å². The van der Waals surface area contributed by atoms with Gasteiger partial charge >= 0.3 is 6.18 Å². The maximum Gasteiger partial charge on any atom is 0.416 e. The maximum atomic E-state index is 12.5. The summed E-state index contributed by atoms with van der Waals surface area (Å²) < 4.78 is 39.4. The van der Waals surface area contributed by atoms with Gasteiger partial charge in [0.15, 0.2) is 0 Å². The van der Waals surface area contributed by atoms with Crippen LogP contribution in [0.4, 0.5) is 13.2 Å². The lowest BCUT2D eigenvalue weighted by Crippen LogP contribution is -2.09. The van der Waals surface area contributed by atoms with Crippen molar-refractivity contribution in [2.75, 3.05) is 5.75 Å². The molecule has 2 nitrogen and oxygen atoms in total. The van der Waals surface area contributed by atoms with Crippen LogP contribution in [0.1, 0.15) is 26.2 Å². The second kappa shape index (κ2) is 10.8. The molecule has 0 N–H and O–H groups in total. The zero-order valence-corrected chi connectivity index (χ0v) is 16.2. The van der Waals surface area contributed by atoms with Crippen molar-refractivity contribution in [1.29, 1.82) is 0 Å². The lowest BCUT2D eigenvalue weighted by molar-refractivity contribution is -0.105. The molecule has 0 spiro atoms. The van der Waals surface area contributed by atoms with Crippen molar-refractivity contribution in [3.63, 3.8) is 0 Å². The van der Waals surface area contributed by atoms with Gasteiger partial charge in [-0.1, -0.05) is 36.5 Å². The molecule has 0 saturated carbocycles. The van der Waals surface area contributed by atoms with Crippen LogP contribution >= 0.6 is 34.8 Å². The van der Waals surface area contributed by atoms with Crippen LogP contribution in [0.2, 0.25) is 0 Å². The number of alkyl halides is 3. The average Bonchev–Trinajstić information content (AvgIpc) is 2.56. The van der Waals surface area contributed by atoms with Crippen molar-refractivity contribution in [2.45, 2.75) is 32.4 Å². The molecule has 7 heteroatoms. The van der Waals surface area contributed by atoms with Gasteiger partial charge in [-0.05, 0) is 49.8 Å². The smallest absolute Gasteiger partial charge is 0.298 e. The molecule has 0 aromatic rings. The Kier molecular flexibility index (Phi) is 9.50. The lowest BCUT2D eigenvalue weighted by atomic mass is 10.1. The van der Waals surface area contributed by atoms with Crippen LogP contribution in [0.15, 0.2) is 59.4 Å². The number of rotatable bonds is 8. The summed E-state index contributed by atoms with van der Waals surface area (Å²) in [6.07, 6.45) is 10.0. The number of hydrogen-bond acceptors (Lipinski definition) is 3. The summed E-state index contributed by atoms with van der Waals surface area (Å²) >= 11 is 3.72. The highest BCUT2D eigenvalue weighted by Crippen LogP contribution is 2.29. The standard InChI is InChI=1S/C17H19F3INOS/c1-2-15(17(18,19)20)9-5-3-4-6-11-24-22(21)16-10-7-8-14(12-16)13-23/h2,4-6,9-10,12-13H,3,7-8,11H2,1H3/b6-4+,9-5-,15-2+. The van der Waals surface area contributed by atoms with Crippen LogP contribution in [0.5, 0.6) is 0 Å². The minimum absolute atomic E-state index is 0.452. The van der Waals surface area contributed by atoms with Gasteiger partial charge in [-0.2, -0.15) is 13.2 Å². The Labute approximate surface area is 158 Å². The van der Waals surface area contributed by atoms with Gasteiger partial charge in [0, 0.05) is 5.75 Å². The van der Waals surface area contributed by atoms with E-state index >= 15 is 0 Å². The second-order valence-electron chi connectivity index (χ2n) is 4.90. The topological polar surface area (TPSA) is 20.3 Å². The molecule has 0 amide bonds. The van der Waals surface area contributed by atoms with Crippen LogP contribution in [0.3, 0.4) is 0 Å². The summed E-state index contributed by atoms with van der Waals surface area (Å²) in [5.74, 6) is 0.703. The number of aldehydes is 1. The van der Waals surface area contributed by atoms with Crippen molar-refractivity contribution >= 4 is 41.1 Å². The zero-order valence-electron chi connectivity index (χ0n) is 13.2. The van der Waals surface area contributed by atoms with Crippen LogP contribution in [0.25, 0.3) is 0 Å². The van der Waals surface area contributed by atoms with Crippen LogP contribution < -0.4 is 0 Å². The summed E-state index contributed by atoms with van der Waals surface area (Å²) in [6.45, 7) is 1.37. The summed E-state index contributed by atoms with van der Waals surface area (Å²) in [7, 11) is 0. The molecular formula is C17H19F3INOS. The number of allylic oxidation sites excluding steroid dienone is 8. The number of carbonyl (C=O) groups is 1. The SMILES string of the molecule is C/C=C(\C=C/C/C=C/CSN(I)C1=CCCC(C=O)=C1)C(F)(F)F. The molecule has 0 bridgehead atoms. The average molecular weight is 469 g/mol. The molecule has 0 aromatic heterocycles. The molecule has 0 radical (unpaired) electrons. The monoisotopic (exact) mass is 469 g/mol. The van der Waals surface area contributed by atoms with E-state index in [2.05, 4.69) is 28.9 Å². The highest BCUT2D eigenvalue weighted by molar-refractivity contribution is 14.1. The normalized spacial score (nSPS) is 16.5. The van der Waals surface area contributed by atoms with Crippen LogP contribution in [-0.2, 0) is 4.79 Å². The highest BCUT2D eigenvalue weighted by Gasteiger charge is 2.30. The third-order valence-electron chi connectivity index (χ3n) is 3.13. The Balaban J connectivity index is 2.35. The first-order valence-corrected chi connectivity index (χ1v) is 9.29. The van der Waals surface area contributed by atoms with Gasteiger partial charge in [0.2, 0.25) is 0 Å². The fraction of sp³-hybridized carbons (Fsp3) is 0.353. The second-order valence-corrected chi connectivity index (χ2v) is 7.47. The summed E-state index contributed by atoms with van der Waals surface area (Å²) in [6, 6.07) is 0. The molecular weight excluding hydrogens is 450 g/mol. The van der Waals surface area contributed by atoms with Crippen molar-refractivity contribution in [3.05, 3.63) is 59.4 Å². The molecule has 0 fully saturated rings. The van der Waals surface area contributed by atoms with E-state index in [4.69, 9.17) is 0 Å². The van der Waals surface area contributed by atoms with E-state index in [1.165, 1.54) is 13.0 Å². The molecule has 0 saturated heterocycles. The van der Waals surface area contributed by atoms with E-state index in [9.17, 15) is 18.0 Å². The third kappa shape index (κ3) is 7.74. The summed E-state index contributed by atoms with van der Waals surface area (Å²) in [5.41, 5.74) is 1.15. The van der Waals surface area contributed by atoms with E-state index in [1.54, 1.807) is 11.9 Å². The van der Waals surface area contributed by atoms with E-state index in [0.29, 0.717) is 12.2 Å². The van der Waals surface area contributed by atoms with E-state index in [-0.39, 0.29) is 0 Å². The fourth-order valence-electron chi connectivity index (χ4n) is 1.90. The largest absolute Gasteiger partial charge is 0.416 e. The van der Waals surface area contributed by atoms with Crippen molar-refractivity contribution < 1.29 is 18.0 Å². The van der Waals surface area contributed by atoms with E-state index in [1.807, 2.05) is 20.7 Å². The highest BCUT2D eigenvalue weighted by atomic mass is 127. The van der Waals surface area contributed by atoms with Crippen molar-refractivity contribution in [2.24, 2.45) is 0 Å². The quantitative estimate of drug-likeness (QED) is 0.107. The molecule has 1 aliphatic carbocycles. The number of nitrogens with zero attached hydrogens (tertiary/aromatic N) is 1. The van der Waals surface area contributed by atoms with Gasteiger partial charge in [-0.3, -0.25) is 7.31 Å². The maximum absolute atomic E-state index is 12.5. The van der Waals surface area contributed by atoms with Crippen molar-refractivity contribution in [1.82, 2.24) is 2.52 Å². The van der Waals surface area contributed by atoms with Crippen molar-refractivity contribution in [3.8, 4) is 0 Å². The number of hydrogen-bond donors (Lipinski definition) is 0. The molecule has 132 valence electrons. The molecule has 0 unspecified atom stereocenters. The minimum Gasteiger partial charge on any atom is -0.298 e. The van der Waals surface area contributed by atoms with Gasteiger partial charge < -0.3 is 0 Å². The number of carbonyl (C=O) groups excluding carboxylic acids is 1. The van der Waals surface area contributed by atoms with Gasteiger partial charge in [0.25, 0.3) is 0 Å². The van der Waals surface area contributed by atoms with Crippen LogP contribution in [0, 0.1) is 0 Å². The Bertz CT molecular complexity index is 577. The third-order valence-corrected chi connectivity index (χ3v) is 5.30. The Morgan fingerprint density at radius 1 is 1.38 bits per heavy atom. The molecule has 1 aliphatic rings. The Hall–Kier alpha value is -0.960. The molecule has 0 atom stereocenters. The molecule has 1 rings (SSSR count). The molecule has 0 heterocycles. The fourth-order valence-corrected chi connectivity index (χ4v) is 3.35. The van der Waals surface area contributed by atoms with Gasteiger partial charge in [0.1, 0.15) is 6.29 Å². The first kappa shape index (κ1) is 21.1. The zero-order chi connectivity index (χ0) is 18.0. The van der Waals surface area contributed by atoms with Crippen LogP contribution in [-0.4, -0.2) is 20.7 Å². The Morgan fingerprint density at radius 2 is 2.12 bits per heavy atom. The van der Waals surface area contributed by atoms with Gasteiger partial charge in [0.05, 0.1) is 34.1 Å². The number of halogens is 4. The predicted molar refractivity (Wildman–Crippen MR) is 102 cm³/mol. The lowest BCUT2D eigenvalue weighted by Gasteiger charge is -2.18. The van der Waals surface area contributed by atoms with Gasteiger partial charge in [-0.15, -0.1) is 0 Å². The summed E-state index contributed by atoms with van der Waals surface area (Å²) in [4.78, 5) is 10.8. The predicted octanol–water partition coefficient (Wildman–Crippen LogP) is 6.10. The first-order valence-electron chi connectivity index (χ1n) is 7.38. The molecule has 0 aliphatic heterocycles. The Morgan fingerprint density at radius 3 is 2.75 bits per heavy atom. The minimum atomic E-state index is -4.30. The van der Waals surface area contributed by atoms with Gasteiger partial charge in [-0.25, -0.2) is 0 Å². The molecule has 24 heavy (non-hydrogen) atoms. The molecule has 0 aromatic carbocycles. The first-order chi connectivity index (χ1) is 11.4.